The van der Waals surface area contributed by atoms with E-state index >= 15 is 0 Å². The van der Waals surface area contributed by atoms with Crippen molar-refractivity contribution in [3.05, 3.63) is 18.3 Å². The van der Waals surface area contributed by atoms with Crippen LogP contribution in [0.1, 0.15) is 13.3 Å². The number of nitrogens with one attached hydrogen (secondary N) is 1. The number of rotatable bonds is 5. The topological polar surface area (TPSA) is 71.5 Å². The van der Waals surface area contributed by atoms with E-state index in [2.05, 4.69) is 10.3 Å². The molecule has 1 aliphatic rings. The summed E-state index contributed by atoms with van der Waals surface area (Å²) in [5.41, 5.74) is 0.538. The number of anilines is 1. The second kappa shape index (κ2) is 5.85. The number of aromatic nitrogens is 1. The van der Waals surface area contributed by atoms with E-state index in [0.717, 1.165) is 6.42 Å². The van der Waals surface area contributed by atoms with E-state index in [9.17, 15) is 8.42 Å². The molecule has 1 aromatic rings. The number of sulfonamides is 1. The Morgan fingerprint density at radius 1 is 1.58 bits per heavy atom. The molecule has 1 N–H and O–H groups in total. The molecule has 1 atom stereocenters. The summed E-state index contributed by atoms with van der Waals surface area (Å²) in [5, 5.41) is 3.10. The fourth-order valence-corrected chi connectivity index (χ4v) is 3.51. The van der Waals surface area contributed by atoms with E-state index in [-0.39, 0.29) is 11.1 Å². The van der Waals surface area contributed by atoms with Gasteiger partial charge in [0.1, 0.15) is 0 Å². The molecule has 1 aromatic heterocycles. The fraction of sp³-hybridized carbons (Fsp3) is 0.583. The van der Waals surface area contributed by atoms with Crippen LogP contribution in [0.4, 0.5) is 5.69 Å². The smallest absolute Gasteiger partial charge is 0.262 e. The lowest BCUT2D eigenvalue weighted by Gasteiger charge is -2.23. The summed E-state index contributed by atoms with van der Waals surface area (Å²) in [6.45, 7) is 3.61. The molecule has 1 aliphatic heterocycles. The quantitative estimate of drug-likeness (QED) is 0.871. The first-order valence-corrected chi connectivity index (χ1v) is 7.76. The zero-order valence-electron chi connectivity index (χ0n) is 11.2. The maximum atomic E-state index is 12.6. The lowest BCUT2D eigenvalue weighted by atomic mass is 10.3. The Balaban J connectivity index is 2.33. The second-order valence-corrected chi connectivity index (χ2v) is 6.34. The number of nitrogens with zero attached hydrogens (tertiary/aromatic N) is 2. The molecule has 7 heteroatoms. The molecule has 0 aromatic carbocycles. The normalized spacial score (nSPS) is 19.8. The molecule has 2 heterocycles. The summed E-state index contributed by atoms with van der Waals surface area (Å²) in [5.74, 6) is 0. The zero-order chi connectivity index (χ0) is 13.9. The van der Waals surface area contributed by atoms with Gasteiger partial charge in [0.05, 0.1) is 18.3 Å². The van der Waals surface area contributed by atoms with E-state index in [1.807, 2.05) is 6.92 Å². The Labute approximate surface area is 113 Å². The SMILES string of the molecule is CCNc1cccnc1S(=O)(=O)N(C)C1CCOC1. The minimum Gasteiger partial charge on any atom is -0.383 e. The highest BCUT2D eigenvalue weighted by Gasteiger charge is 2.32. The van der Waals surface area contributed by atoms with Gasteiger partial charge in [-0.05, 0) is 25.5 Å². The minimum atomic E-state index is -3.60. The number of ether oxygens (including phenoxy) is 1. The third-order valence-electron chi connectivity index (χ3n) is 3.18. The second-order valence-electron chi connectivity index (χ2n) is 4.43. The van der Waals surface area contributed by atoms with Gasteiger partial charge < -0.3 is 10.1 Å². The van der Waals surface area contributed by atoms with Crippen molar-refractivity contribution in [3.63, 3.8) is 0 Å². The van der Waals surface area contributed by atoms with Crippen molar-refractivity contribution in [2.75, 3.05) is 32.1 Å². The Hall–Kier alpha value is -1.18. The van der Waals surface area contributed by atoms with Crippen LogP contribution in [0.3, 0.4) is 0 Å². The van der Waals surface area contributed by atoms with Gasteiger partial charge in [-0.15, -0.1) is 0 Å². The molecule has 106 valence electrons. The van der Waals surface area contributed by atoms with Crippen LogP contribution >= 0.6 is 0 Å². The maximum absolute atomic E-state index is 12.6. The highest BCUT2D eigenvalue weighted by molar-refractivity contribution is 7.89. The number of likely N-dealkylation sites (N-methyl/N-ethyl adjacent to an activating group) is 1. The van der Waals surface area contributed by atoms with Crippen molar-refractivity contribution in [2.45, 2.75) is 24.4 Å². The van der Waals surface area contributed by atoms with E-state index in [4.69, 9.17) is 4.74 Å². The first-order valence-electron chi connectivity index (χ1n) is 6.32. The number of hydrogen-bond donors (Lipinski definition) is 1. The first-order chi connectivity index (χ1) is 9.07. The van der Waals surface area contributed by atoms with E-state index in [1.54, 1.807) is 19.2 Å². The van der Waals surface area contributed by atoms with Gasteiger partial charge in [0.15, 0.2) is 5.03 Å². The Morgan fingerprint density at radius 2 is 2.37 bits per heavy atom. The van der Waals surface area contributed by atoms with Crippen molar-refractivity contribution in [2.24, 2.45) is 0 Å². The standard InChI is InChI=1S/C12H19N3O3S/c1-3-13-11-5-4-7-14-12(11)19(16,17)15(2)10-6-8-18-9-10/h4-5,7,10,13H,3,6,8-9H2,1-2H3. The van der Waals surface area contributed by atoms with Gasteiger partial charge in [-0.1, -0.05) is 0 Å². The molecule has 1 unspecified atom stereocenters. The Kier molecular flexibility index (Phi) is 4.38. The molecule has 1 fully saturated rings. The summed E-state index contributed by atoms with van der Waals surface area (Å²) >= 11 is 0. The van der Waals surface area contributed by atoms with E-state index in [0.29, 0.717) is 25.4 Å². The molecule has 0 spiro atoms. The monoisotopic (exact) mass is 285 g/mol. The molecule has 0 amide bonds. The molecule has 1 saturated heterocycles. The van der Waals surface area contributed by atoms with E-state index < -0.39 is 10.0 Å². The molecule has 19 heavy (non-hydrogen) atoms. The fourth-order valence-electron chi connectivity index (χ4n) is 2.06. The summed E-state index contributed by atoms with van der Waals surface area (Å²) in [7, 11) is -2.01. The van der Waals surface area contributed by atoms with Gasteiger partial charge in [-0.2, -0.15) is 4.31 Å². The molecule has 0 aliphatic carbocycles. The van der Waals surface area contributed by atoms with E-state index in [1.165, 1.54) is 10.5 Å². The molecule has 0 bridgehead atoms. The summed E-state index contributed by atoms with van der Waals surface area (Å²) in [6.07, 6.45) is 2.21. The van der Waals surface area contributed by atoms with Gasteiger partial charge in [0.25, 0.3) is 10.0 Å². The van der Waals surface area contributed by atoms with Crippen LogP contribution in [0.25, 0.3) is 0 Å². The van der Waals surface area contributed by atoms with Crippen LogP contribution in [0.5, 0.6) is 0 Å². The lowest BCUT2D eigenvalue weighted by molar-refractivity contribution is 0.181. The lowest BCUT2D eigenvalue weighted by Crippen LogP contribution is -2.38. The summed E-state index contributed by atoms with van der Waals surface area (Å²) < 4.78 is 31.8. The average molecular weight is 285 g/mol. The highest BCUT2D eigenvalue weighted by atomic mass is 32.2. The largest absolute Gasteiger partial charge is 0.383 e. The molecular weight excluding hydrogens is 266 g/mol. The van der Waals surface area contributed by atoms with Crippen LogP contribution in [0.2, 0.25) is 0 Å². The van der Waals surface area contributed by atoms with Crippen LogP contribution in [0.15, 0.2) is 23.4 Å². The minimum absolute atomic E-state index is 0.0752. The molecule has 2 rings (SSSR count). The van der Waals surface area contributed by atoms with Crippen molar-refractivity contribution < 1.29 is 13.2 Å². The van der Waals surface area contributed by atoms with Gasteiger partial charge in [-0.25, -0.2) is 13.4 Å². The van der Waals surface area contributed by atoms with Gasteiger partial charge in [-0.3, -0.25) is 0 Å². The van der Waals surface area contributed by atoms with Crippen molar-refractivity contribution >= 4 is 15.7 Å². The van der Waals surface area contributed by atoms with Crippen molar-refractivity contribution in [3.8, 4) is 0 Å². The Morgan fingerprint density at radius 3 is 3.00 bits per heavy atom. The average Bonchev–Trinajstić information content (AvgIpc) is 2.92. The maximum Gasteiger partial charge on any atom is 0.262 e. The third-order valence-corrected chi connectivity index (χ3v) is 5.05. The zero-order valence-corrected chi connectivity index (χ0v) is 12.0. The van der Waals surface area contributed by atoms with Crippen LogP contribution < -0.4 is 5.32 Å². The van der Waals surface area contributed by atoms with Crippen LogP contribution in [-0.4, -0.2) is 50.6 Å². The van der Waals surface area contributed by atoms with Gasteiger partial charge in [0.2, 0.25) is 0 Å². The van der Waals surface area contributed by atoms with Crippen molar-refractivity contribution in [1.82, 2.24) is 9.29 Å². The van der Waals surface area contributed by atoms with Crippen LogP contribution in [0, 0.1) is 0 Å². The van der Waals surface area contributed by atoms with Crippen LogP contribution in [-0.2, 0) is 14.8 Å². The van der Waals surface area contributed by atoms with Gasteiger partial charge in [0, 0.05) is 26.4 Å². The summed E-state index contributed by atoms with van der Waals surface area (Å²) in [4.78, 5) is 4.03. The molecular formula is C12H19N3O3S. The van der Waals surface area contributed by atoms with Crippen molar-refractivity contribution in [1.29, 1.82) is 0 Å². The predicted molar refractivity (Wildman–Crippen MR) is 72.6 cm³/mol. The first kappa shape index (κ1) is 14.2. The predicted octanol–water partition coefficient (Wildman–Crippen LogP) is 0.923. The third kappa shape index (κ3) is 2.88. The van der Waals surface area contributed by atoms with Gasteiger partial charge >= 0.3 is 0 Å². The summed E-state index contributed by atoms with van der Waals surface area (Å²) in [6, 6.07) is 3.33. The number of hydrogen-bond acceptors (Lipinski definition) is 5. The molecule has 0 radical (unpaired) electrons. The number of pyridine rings is 1. The molecule has 0 saturated carbocycles. The highest BCUT2D eigenvalue weighted by Crippen LogP contribution is 2.24. The Bertz CT molecular complexity index is 527. The molecule has 6 nitrogen and oxygen atoms in total.